The van der Waals surface area contributed by atoms with Gasteiger partial charge in [-0.05, 0) is 60.0 Å². The van der Waals surface area contributed by atoms with Gasteiger partial charge in [0.1, 0.15) is 5.75 Å². The van der Waals surface area contributed by atoms with Crippen molar-refractivity contribution in [1.29, 1.82) is 0 Å². The number of carbonyl (C=O) groups excluding carboxylic acids is 1. The van der Waals surface area contributed by atoms with Crippen LogP contribution in [0, 0.1) is 6.92 Å². The van der Waals surface area contributed by atoms with Crippen LogP contribution in [0.1, 0.15) is 28.6 Å². The lowest BCUT2D eigenvalue weighted by atomic mass is 9.97. The van der Waals surface area contributed by atoms with Crippen molar-refractivity contribution >= 4 is 27.1 Å². The summed E-state index contributed by atoms with van der Waals surface area (Å²) in [7, 11) is -2.15. The van der Waals surface area contributed by atoms with Crippen molar-refractivity contribution in [3.63, 3.8) is 0 Å². The summed E-state index contributed by atoms with van der Waals surface area (Å²) >= 11 is 1.46. The van der Waals surface area contributed by atoms with E-state index in [9.17, 15) is 13.2 Å². The number of methoxy groups -OCH3 is 1. The summed E-state index contributed by atoms with van der Waals surface area (Å²) in [5.41, 5.74) is 3.61. The number of rotatable bonds is 6. The first kappa shape index (κ1) is 20.3. The first-order valence-corrected chi connectivity index (χ1v) is 11.1. The first-order valence-electron chi connectivity index (χ1n) is 8.70. The number of hydrogen-bond acceptors (Lipinski definition) is 5. The largest absolute Gasteiger partial charge is 0.497 e. The second kappa shape index (κ2) is 7.87. The molecule has 7 heteroatoms. The molecule has 146 valence electrons. The Hall–Kier alpha value is -2.48. The van der Waals surface area contributed by atoms with E-state index in [1.165, 1.54) is 23.5 Å². The Kier molecular flexibility index (Phi) is 5.69. The fourth-order valence-electron chi connectivity index (χ4n) is 3.05. The standard InChI is InChI=1S/C21H21NO4S2/c1-4-18(23)21-19(14-7-11-17(12-8-14)28(22,24)25)13(2)20(27-21)15-5-9-16(26-3)10-6-15/h5-12H,4H2,1-3H3,(H2,22,24,25). The van der Waals surface area contributed by atoms with Crippen LogP contribution in [0.3, 0.4) is 0 Å². The molecule has 0 radical (unpaired) electrons. The van der Waals surface area contributed by atoms with Crippen molar-refractivity contribution in [2.75, 3.05) is 7.11 Å². The van der Waals surface area contributed by atoms with Gasteiger partial charge in [-0.15, -0.1) is 11.3 Å². The molecule has 0 bridgehead atoms. The molecule has 0 aliphatic carbocycles. The maximum atomic E-state index is 12.6. The Morgan fingerprint density at radius 2 is 1.61 bits per heavy atom. The topological polar surface area (TPSA) is 86.5 Å². The zero-order valence-electron chi connectivity index (χ0n) is 15.9. The second-order valence-electron chi connectivity index (χ2n) is 6.33. The van der Waals surface area contributed by atoms with Crippen LogP contribution < -0.4 is 9.88 Å². The highest BCUT2D eigenvalue weighted by Gasteiger charge is 2.22. The molecule has 0 aliphatic rings. The molecule has 3 aromatic rings. The van der Waals surface area contributed by atoms with E-state index in [4.69, 9.17) is 9.88 Å². The van der Waals surface area contributed by atoms with E-state index in [2.05, 4.69) is 0 Å². The van der Waals surface area contributed by atoms with E-state index < -0.39 is 10.0 Å². The van der Waals surface area contributed by atoms with Crippen LogP contribution >= 0.6 is 11.3 Å². The third-order valence-corrected chi connectivity index (χ3v) is 6.86. The Morgan fingerprint density at radius 3 is 2.11 bits per heavy atom. The Bertz CT molecular complexity index is 1110. The van der Waals surface area contributed by atoms with Crippen LogP contribution in [0.5, 0.6) is 5.75 Å². The molecule has 0 fully saturated rings. The number of sulfonamides is 1. The molecular formula is C21H21NO4S2. The molecule has 1 heterocycles. The number of nitrogens with two attached hydrogens (primary N) is 1. The lowest BCUT2D eigenvalue weighted by molar-refractivity contribution is 0.0992. The van der Waals surface area contributed by atoms with Crippen LogP contribution in [-0.4, -0.2) is 21.3 Å². The average Bonchev–Trinajstić information content (AvgIpc) is 3.04. The summed E-state index contributed by atoms with van der Waals surface area (Å²) in [5.74, 6) is 0.819. The first-order chi connectivity index (χ1) is 13.3. The molecule has 0 aliphatic heterocycles. The van der Waals surface area contributed by atoms with Crippen molar-refractivity contribution in [1.82, 2.24) is 0 Å². The number of ether oxygens (including phenoxy) is 1. The lowest BCUT2D eigenvalue weighted by Gasteiger charge is -2.07. The SMILES string of the molecule is CCC(=O)c1sc(-c2ccc(OC)cc2)c(C)c1-c1ccc(S(N)(=O)=O)cc1. The minimum Gasteiger partial charge on any atom is -0.497 e. The highest BCUT2D eigenvalue weighted by atomic mass is 32.2. The van der Waals surface area contributed by atoms with Crippen LogP contribution in [0.4, 0.5) is 0 Å². The van der Waals surface area contributed by atoms with Gasteiger partial charge in [0, 0.05) is 16.9 Å². The summed E-state index contributed by atoms with van der Waals surface area (Å²) in [6.45, 7) is 3.81. The number of Topliss-reactive ketones (excluding diaryl/α,β-unsaturated/α-hetero) is 1. The van der Waals surface area contributed by atoms with Crippen LogP contribution in [-0.2, 0) is 10.0 Å². The molecule has 0 spiro atoms. The van der Waals surface area contributed by atoms with Crippen LogP contribution in [0.25, 0.3) is 21.6 Å². The number of carbonyl (C=O) groups is 1. The van der Waals surface area contributed by atoms with Crippen molar-refractivity contribution in [3.8, 4) is 27.3 Å². The third-order valence-electron chi connectivity index (χ3n) is 4.54. The van der Waals surface area contributed by atoms with Crippen molar-refractivity contribution in [2.45, 2.75) is 25.2 Å². The van der Waals surface area contributed by atoms with Crippen molar-refractivity contribution in [3.05, 3.63) is 59.0 Å². The Labute approximate surface area is 168 Å². The van der Waals surface area contributed by atoms with E-state index >= 15 is 0 Å². The van der Waals surface area contributed by atoms with Gasteiger partial charge in [0.25, 0.3) is 0 Å². The minimum atomic E-state index is -3.76. The molecule has 0 saturated heterocycles. The maximum absolute atomic E-state index is 12.6. The predicted octanol–water partition coefficient (Wildman–Crippen LogP) is 4.64. The van der Waals surface area contributed by atoms with Gasteiger partial charge in [-0.1, -0.05) is 19.1 Å². The quantitative estimate of drug-likeness (QED) is 0.594. The van der Waals surface area contributed by atoms with Gasteiger partial charge in [0.2, 0.25) is 10.0 Å². The van der Waals surface area contributed by atoms with Crippen molar-refractivity contribution < 1.29 is 17.9 Å². The van der Waals surface area contributed by atoms with Crippen LogP contribution in [0.2, 0.25) is 0 Å². The normalized spacial score (nSPS) is 11.4. The highest BCUT2D eigenvalue weighted by molar-refractivity contribution is 7.89. The number of hydrogen-bond donors (Lipinski definition) is 1. The predicted molar refractivity (Wildman–Crippen MR) is 112 cm³/mol. The van der Waals surface area contributed by atoms with Gasteiger partial charge in [0.15, 0.2) is 5.78 Å². The molecule has 1 aromatic heterocycles. The smallest absolute Gasteiger partial charge is 0.238 e. The fourth-order valence-corrected chi connectivity index (χ4v) is 4.91. The summed E-state index contributed by atoms with van der Waals surface area (Å²) in [6.07, 6.45) is 0.393. The Morgan fingerprint density at radius 1 is 1.04 bits per heavy atom. The van der Waals surface area contributed by atoms with Gasteiger partial charge in [-0.2, -0.15) is 0 Å². The lowest BCUT2D eigenvalue weighted by Crippen LogP contribution is -2.11. The number of ketones is 1. The maximum Gasteiger partial charge on any atom is 0.238 e. The third kappa shape index (κ3) is 3.87. The molecule has 0 atom stereocenters. The second-order valence-corrected chi connectivity index (χ2v) is 8.92. The van der Waals surface area contributed by atoms with E-state index in [0.29, 0.717) is 11.3 Å². The molecule has 0 unspecified atom stereocenters. The van der Waals surface area contributed by atoms with Crippen LogP contribution in [0.15, 0.2) is 53.4 Å². The molecular weight excluding hydrogens is 394 g/mol. The average molecular weight is 416 g/mol. The molecule has 2 aromatic carbocycles. The highest BCUT2D eigenvalue weighted by Crippen LogP contribution is 2.42. The van der Waals surface area contributed by atoms with E-state index in [1.54, 1.807) is 19.2 Å². The number of benzene rings is 2. The summed E-state index contributed by atoms with van der Waals surface area (Å²) in [5, 5.41) is 5.19. The molecule has 3 rings (SSSR count). The molecule has 28 heavy (non-hydrogen) atoms. The van der Waals surface area contributed by atoms with E-state index in [1.807, 2.05) is 38.1 Å². The van der Waals surface area contributed by atoms with Gasteiger partial charge in [-0.3, -0.25) is 4.79 Å². The summed E-state index contributed by atoms with van der Waals surface area (Å²) in [6, 6.07) is 14.0. The number of primary sulfonamides is 1. The van der Waals surface area contributed by atoms with Gasteiger partial charge >= 0.3 is 0 Å². The summed E-state index contributed by atoms with van der Waals surface area (Å²) < 4.78 is 28.3. The molecule has 2 N–H and O–H groups in total. The molecule has 5 nitrogen and oxygen atoms in total. The zero-order chi connectivity index (χ0) is 20.5. The fraction of sp³-hybridized carbons (Fsp3) is 0.190. The molecule has 0 saturated carbocycles. The minimum absolute atomic E-state index is 0.0443. The van der Waals surface area contributed by atoms with Gasteiger partial charge < -0.3 is 4.74 Å². The summed E-state index contributed by atoms with van der Waals surface area (Å²) in [4.78, 5) is 14.3. The zero-order valence-corrected chi connectivity index (χ0v) is 17.5. The molecule has 0 amide bonds. The van der Waals surface area contributed by atoms with Gasteiger partial charge in [-0.25, -0.2) is 13.6 Å². The monoisotopic (exact) mass is 415 g/mol. The van der Waals surface area contributed by atoms with Crippen molar-refractivity contribution in [2.24, 2.45) is 5.14 Å². The van der Waals surface area contributed by atoms with E-state index in [0.717, 1.165) is 32.9 Å². The van der Waals surface area contributed by atoms with E-state index in [-0.39, 0.29) is 10.7 Å². The Balaban J connectivity index is 2.16. The number of thiophene rings is 1. The van der Waals surface area contributed by atoms with Gasteiger partial charge in [0.05, 0.1) is 16.9 Å².